The van der Waals surface area contributed by atoms with E-state index < -0.39 is 6.04 Å². The fourth-order valence-corrected chi connectivity index (χ4v) is 3.29. The number of morpholine rings is 1. The summed E-state index contributed by atoms with van der Waals surface area (Å²) < 4.78 is 11.0. The monoisotopic (exact) mass is 346 g/mol. The maximum atomic E-state index is 13.0. The summed E-state index contributed by atoms with van der Waals surface area (Å²) in [4.78, 5) is 27.2. The van der Waals surface area contributed by atoms with Crippen molar-refractivity contribution in [1.29, 1.82) is 0 Å². The third-order valence-electron chi connectivity index (χ3n) is 4.69. The Morgan fingerprint density at radius 2 is 1.88 bits per heavy atom. The molecule has 2 unspecified atom stereocenters. The summed E-state index contributed by atoms with van der Waals surface area (Å²) >= 11 is 0. The van der Waals surface area contributed by atoms with Gasteiger partial charge in [0, 0.05) is 19.7 Å². The van der Waals surface area contributed by atoms with Gasteiger partial charge in [0.15, 0.2) is 0 Å². The number of carbonyl (C=O) groups is 2. The first-order valence-electron chi connectivity index (χ1n) is 9.06. The van der Waals surface area contributed by atoms with Crippen molar-refractivity contribution < 1.29 is 19.1 Å². The second-order valence-corrected chi connectivity index (χ2v) is 6.54. The smallest absolute Gasteiger partial charge is 0.249 e. The van der Waals surface area contributed by atoms with Crippen molar-refractivity contribution in [3.63, 3.8) is 0 Å². The molecule has 2 aliphatic heterocycles. The van der Waals surface area contributed by atoms with Crippen LogP contribution in [0.5, 0.6) is 0 Å². The van der Waals surface area contributed by atoms with Gasteiger partial charge in [0.05, 0.1) is 25.7 Å². The molecule has 2 amide bonds. The zero-order valence-electron chi connectivity index (χ0n) is 14.5. The van der Waals surface area contributed by atoms with Gasteiger partial charge < -0.3 is 19.7 Å². The van der Waals surface area contributed by atoms with E-state index in [1.807, 2.05) is 30.3 Å². The molecule has 1 aromatic rings. The highest BCUT2D eigenvalue weighted by molar-refractivity contribution is 5.89. The number of nitrogens with zero attached hydrogens (tertiary/aromatic N) is 1. The normalized spacial score (nSPS) is 22.2. The van der Waals surface area contributed by atoms with E-state index in [0.717, 1.165) is 24.8 Å². The zero-order valence-corrected chi connectivity index (χ0v) is 14.5. The lowest BCUT2D eigenvalue weighted by atomic mass is 10.0. The van der Waals surface area contributed by atoms with Crippen LogP contribution in [0, 0.1) is 0 Å². The van der Waals surface area contributed by atoms with Gasteiger partial charge in [-0.05, 0) is 24.8 Å². The van der Waals surface area contributed by atoms with E-state index >= 15 is 0 Å². The summed E-state index contributed by atoms with van der Waals surface area (Å²) in [6, 6.07) is 8.75. The lowest BCUT2D eigenvalue weighted by molar-refractivity contribution is -0.140. The van der Waals surface area contributed by atoms with Gasteiger partial charge >= 0.3 is 0 Å². The number of carbonyl (C=O) groups excluding carboxylic acids is 2. The van der Waals surface area contributed by atoms with Crippen molar-refractivity contribution in [2.45, 2.75) is 37.8 Å². The molecule has 0 saturated carbocycles. The molecular weight excluding hydrogens is 320 g/mol. The topological polar surface area (TPSA) is 67.9 Å². The summed E-state index contributed by atoms with van der Waals surface area (Å²) in [6.07, 6.45) is 3.32. The van der Waals surface area contributed by atoms with Gasteiger partial charge in [-0.15, -0.1) is 0 Å². The standard InChI is InChI=1S/C19H26N2O4/c22-17(14-16-8-4-5-11-25-16)20-18(15-6-2-1-3-7-15)19(23)21-9-12-24-13-10-21/h1-3,6-7,16,18H,4-5,8-14H2,(H,20,22). The van der Waals surface area contributed by atoms with Gasteiger partial charge in [-0.2, -0.15) is 0 Å². The minimum absolute atomic E-state index is 0.0383. The molecule has 0 aromatic heterocycles. The molecule has 6 heteroatoms. The van der Waals surface area contributed by atoms with Crippen molar-refractivity contribution in [1.82, 2.24) is 10.2 Å². The van der Waals surface area contributed by atoms with Gasteiger partial charge in [-0.1, -0.05) is 30.3 Å². The van der Waals surface area contributed by atoms with E-state index in [4.69, 9.17) is 9.47 Å². The van der Waals surface area contributed by atoms with E-state index in [9.17, 15) is 9.59 Å². The molecule has 25 heavy (non-hydrogen) atoms. The Morgan fingerprint density at radius 3 is 2.56 bits per heavy atom. The minimum Gasteiger partial charge on any atom is -0.378 e. The first-order chi connectivity index (χ1) is 12.2. The highest BCUT2D eigenvalue weighted by atomic mass is 16.5. The highest BCUT2D eigenvalue weighted by Crippen LogP contribution is 2.19. The second-order valence-electron chi connectivity index (χ2n) is 6.54. The van der Waals surface area contributed by atoms with Crippen LogP contribution < -0.4 is 5.32 Å². The molecule has 2 fully saturated rings. The Balaban J connectivity index is 1.67. The van der Waals surface area contributed by atoms with Crippen LogP contribution in [0.1, 0.15) is 37.3 Å². The summed E-state index contributed by atoms with van der Waals surface area (Å²) in [6.45, 7) is 2.91. The van der Waals surface area contributed by atoms with Gasteiger partial charge in [-0.3, -0.25) is 9.59 Å². The summed E-state index contributed by atoms with van der Waals surface area (Å²) in [5.74, 6) is -0.213. The van der Waals surface area contributed by atoms with E-state index in [1.54, 1.807) is 4.90 Å². The quantitative estimate of drug-likeness (QED) is 0.880. The van der Waals surface area contributed by atoms with Gasteiger partial charge in [0.1, 0.15) is 6.04 Å². The van der Waals surface area contributed by atoms with E-state index in [1.165, 1.54) is 0 Å². The molecule has 6 nitrogen and oxygen atoms in total. The van der Waals surface area contributed by atoms with Crippen molar-refractivity contribution in [3.8, 4) is 0 Å². The maximum Gasteiger partial charge on any atom is 0.249 e. The molecule has 0 radical (unpaired) electrons. The molecule has 2 heterocycles. The predicted octanol–water partition coefficient (Wildman–Crippen LogP) is 1.66. The van der Waals surface area contributed by atoms with Crippen molar-refractivity contribution in [2.75, 3.05) is 32.9 Å². The Bertz CT molecular complexity index is 566. The highest BCUT2D eigenvalue weighted by Gasteiger charge is 2.29. The third kappa shape index (κ3) is 5.03. The summed E-state index contributed by atoms with van der Waals surface area (Å²) in [7, 11) is 0. The number of ether oxygens (including phenoxy) is 2. The first kappa shape index (κ1) is 17.9. The van der Waals surface area contributed by atoms with Crippen LogP contribution in [0.15, 0.2) is 30.3 Å². The molecule has 3 rings (SSSR count). The molecule has 0 bridgehead atoms. The van der Waals surface area contributed by atoms with E-state index in [-0.39, 0.29) is 17.9 Å². The molecule has 0 spiro atoms. The second kappa shape index (κ2) is 8.97. The number of rotatable bonds is 5. The fraction of sp³-hybridized carbons (Fsp3) is 0.579. The average molecular weight is 346 g/mol. The zero-order chi connectivity index (χ0) is 17.5. The van der Waals surface area contributed by atoms with Crippen molar-refractivity contribution >= 4 is 11.8 Å². The minimum atomic E-state index is -0.657. The van der Waals surface area contributed by atoms with Crippen LogP contribution in [-0.2, 0) is 19.1 Å². The van der Waals surface area contributed by atoms with Gasteiger partial charge in [0.25, 0.3) is 0 Å². The molecule has 1 aromatic carbocycles. The lowest BCUT2D eigenvalue weighted by Gasteiger charge is -2.31. The van der Waals surface area contributed by atoms with Crippen LogP contribution in [0.2, 0.25) is 0 Å². The van der Waals surface area contributed by atoms with E-state index in [2.05, 4.69) is 5.32 Å². The van der Waals surface area contributed by atoms with Crippen LogP contribution in [0.25, 0.3) is 0 Å². The number of hydrogen-bond donors (Lipinski definition) is 1. The van der Waals surface area contributed by atoms with Crippen LogP contribution in [0.3, 0.4) is 0 Å². The number of benzene rings is 1. The molecule has 1 N–H and O–H groups in total. The van der Waals surface area contributed by atoms with Crippen molar-refractivity contribution in [2.24, 2.45) is 0 Å². The van der Waals surface area contributed by atoms with Crippen LogP contribution in [-0.4, -0.2) is 55.7 Å². The van der Waals surface area contributed by atoms with Crippen LogP contribution >= 0.6 is 0 Å². The number of amides is 2. The number of nitrogens with one attached hydrogen (secondary N) is 1. The van der Waals surface area contributed by atoms with E-state index in [0.29, 0.717) is 39.3 Å². The van der Waals surface area contributed by atoms with Gasteiger partial charge in [-0.25, -0.2) is 0 Å². The van der Waals surface area contributed by atoms with Crippen molar-refractivity contribution in [3.05, 3.63) is 35.9 Å². The Kier molecular flexibility index (Phi) is 6.42. The summed E-state index contributed by atoms with van der Waals surface area (Å²) in [5, 5.41) is 2.93. The molecule has 0 aliphatic carbocycles. The molecule has 2 aliphatic rings. The predicted molar refractivity (Wildman–Crippen MR) is 92.9 cm³/mol. The molecule has 2 saturated heterocycles. The Labute approximate surface area is 148 Å². The third-order valence-corrected chi connectivity index (χ3v) is 4.69. The fourth-order valence-electron chi connectivity index (χ4n) is 3.29. The molecule has 2 atom stereocenters. The number of hydrogen-bond acceptors (Lipinski definition) is 4. The van der Waals surface area contributed by atoms with Gasteiger partial charge in [0.2, 0.25) is 11.8 Å². The average Bonchev–Trinajstić information content (AvgIpc) is 2.68. The largest absolute Gasteiger partial charge is 0.378 e. The Hall–Kier alpha value is -1.92. The maximum absolute atomic E-state index is 13.0. The molecular formula is C19H26N2O4. The SMILES string of the molecule is O=C(CC1CCCCO1)NC(C(=O)N1CCOCC1)c1ccccc1. The van der Waals surface area contributed by atoms with Crippen LogP contribution in [0.4, 0.5) is 0 Å². The lowest BCUT2D eigenvalue weighted by Crippen LogP contribution is -2.47. The Morgan fingerprint density at radius 1 is 1.12 bits per heavy atom. The first-order valence-corrected chi connectivity index (χ1v) is 9.06. The summed E-state index contributed by atoms with van der Waals surface area (Å²) in [5.41, 5.74) is 0.803. The molecule has 136 valence electrons.